The molecule has 4 nitrogen and oxygen atoms in total. The fourth-order valence-corrected chi connectivity index (χ4v) is 3.84. The lowest BCUT2D eigenvalue weighted by molar-refractivity contribution is -0.131. The maximum absolute atomic E-state index is 12.4. The van der Waals surface area contributed by atoms with E-state index in [2.05, 4.69) is 0 Å². The highest BCUT2D eigenvalue weighted by Crippen LogP contribution is 2.17. The summed E-state index contributed by atoms with van der Waals surface area (Å²) in [6.45, 7) is 2.43. The van der Waals surface area contributed by atoms with Gasteiger partial charge in [0.1, 0.15) is 0 Å². The van der Waals surface area contributed by atoms with Crippen molar-refractivity contribution < 1.29 is 9.59 Å². The van der Waals surface area contributed by atoms with Crippen LogP contribution in [0, 0.1) is 0 Å². The van der Waals surface area contributed by atoms with Gasteiger partial charge < -0.3 is 9.80 Å². The molecule has 3 rings (SSSR count). The summed E-state index contributed by atoms with van der Waals surface area (Å²) in [6, 6.07) is 11.9. The third-order valence-electron chi connectivity index (χ3n) is 4.17. The summed E-state index contributed by atoms with van der Waals surface area (Å²) < 4.78 is 0. The molecule has 0 bridgehead atoms. The molecule has 1 saturated heterocycles. The molecular formula is C18H20N2O2S2. The van der Waals surface area contributed by atoms with Gasteiger partial charge in [0.25, 0.3) is 5.91 Å². The van der Waals surface area contributed by atoms with E-state index >= 15 is 0 Å². The minimum absolute atomic E-state index is 0.0738. The summed E-state index contributed by atoms with van der Waals surface area (Å²) in [5, 5.41) is 1.91. The van der Waals surface area contributed by atoms with Crippen molar-refractivity contribution in [3.63, 3.8) is 0 Å². The summed E-state index contributed by atoms with van der Waals surface area (Å²) in [5.74, 6) is 0.208. The Morgan fingerprint density at radius 1 is 1.04 bits per heavy atom. The smallest absolute Gasteiger partial charge is 0.264 e. The highest BCUT2D eigenvalue weighted by Gasteiger charge is 2.25. The average Bonchev–Trinajstić information content (AvgIpc) is 3.16. The molecule has 0 atom stereocenters. The Bertz CT molecular complexity index is 690. The Morgan fingerprint density at radius 2 is 1.71 bits per heavy atom. The maximum atomic E-state index is 12.4. The Labute approximate surface area is 150 Å². The van der Waals surface area contributed by atoms with Crippen LogP contribution < -0.4 is 0 Å². The van der Waals surface area contributed by atoms with Crippen molar-refractivity contribution in [2.75, 3.05) is 32.4 Å². The van der Waals surface area contributed by atoms with Crippen LogP contribution in [0.4, 0.5) is 0 Å². The molecule has 2 amide bonds. The Kier molecular flexibility index (Phi) is 5.58. The second-order valence-corrected chi connectivity index (χ2v) is 7.50. The molecule has 6 heteroatoms. The highest BCUT2D eigenvalue weighted by molar-refractivity contribution is 7.98. The molecular weight excluding hydrogens is 340 g/mol. The van der Waals surface area contributed by atoms with Gasteiger partial charge in [-0.15, -0.1) is 23.1 Å². The van der Waals surface area contributed by atoms with Crippen molar-refractivity contribution >= 4 is 34.9 Å². The van der Waals surface area contributed by atoms with E-state index in [1.807, 2.05) is 57.8 Å². The van der Waals surface area contributed by atoms with Gasteiger partial charge in [-0.3, -0.25) is 9.59 Å². The fraction of sp³-hybridized carbons (Fsp3) is 0.333. The molecule has 1 aromatic heterocycles. The number of nitrogens with zero attached hydrogens (tertiary/aromatic N) is 2. The van der Waals surface area contributed by atoms with E-state index in [1.54, 1.807) is 11.8 Å². The number of thioether (sulfide) groups is 1. The summed E-state index contributed by atoms with van der Waals surface area (Å²) >= 11 is 3.16. The molecule has 1 aliphatic rings. The van der Waals surface area contributed by atoms with E-state index in [-0.39, 0.29) is 11.8 Å². The molecule has 0 N–H and O–H groups in total. The second kappa shape index (κ2) is 7.85. The molecule has 0 radical (unpaired) electrons. The number of hydrogen-bond acceptors (Lipinski definition) is 4. The van der Waals surface area contributed by atoms with Gasteiger partial charge >= 0.3 is 0 Å². The standard InChI is InChI=1S/C18H20N2O2S2/c1-23-15-6-4-14(5-7-15)13-17(21)19-8-10-20(11-9-19)18(22)16-3-2-12-24-16/h2-7,12H,8-11,13H2,1H3. The number of piperazine rings is 1. The van der Waals surface area contributed by atoms with E-state index in [9.17, 15) is 9.59 Å². The Hall–Kier alpha value is -1.79. The van der Waals surface area contributed by atoms with Gasteiger partial charge in [0.2, 0.25) is 5.91 Å². The average molecular weight is 361 g/mol. The molecule has 126 valence electrons. The van der Waals surface area contributed by atoms with E-state index in [1.165, 1.54) is 16.2 Å². The molecule has 0 aliphatic carbocycles. The van der Waals surface area contributed by atoms with E-state index in [0.717, 1.165) is 10.4 Å². The van der Waals surface area contributed by atoms with Crippen LogP contribution >= 0.6 is 23.1 Å². The van der Waals surface area contributed by atoms with Crippen molar-refractivity contribution in [2.24, 2.45) is 0 Å². The van der Waals surface area contributed by atoms with Crippen LogP contribution in [-0.4, -0.2) is 54.0 Å². The molecule has 2 heterocycles. The number of carbonyl (C=O) groups excluding carboxylic acids is 2. The predicted molar refractivity (Wildman–Crippen MR) is 98.7 cm³/mol. The molecule has 0 unspecified atom stereocenters. The zero-order valence-electron chi connectivity index (χ0n) is 13.6. The van der Waals surface area contributed by atoms with Gasteiger partial charge in [-0.1, -0.05) is 18.2 Å². The first-order chi connectivity index (χ1) is 11.7. The maximum Gasteiger partial charge on any atom is 0.264 e. The second-order valence-electron chi connectivity index (χ2n) is 5.68. The van der Waals surface area contributed by atoms with Gasteiger partial charge in [-0.25, -0.2) is 0 Å². The third kappa shape index (κ3) is 3.99. The van der Waals surface area contributed by atoms with Crippen LogP contribution in [0.3, 0.4) is 0 Å². The van der Waals surface area contributed by atoms with Gasteiger partial charge in [-0.2, -0.15) is 0 Å². The summed E-state index contributed by atoms with van der Waals surface area (Å²) in [5.41, 5.74) is 1.04. The molecule has 1 aliphatic heterocycles. The first kappa shape index (κ1) is 17.0. The van der Waals surface area contributed by atoms with Crippen molar-refractivity contribution in [3.05, 3.63) is 52.2 Å². The van der Waals surface area contributed by atoms with Crippen molar-refractivity contribution in [3.8, 4) is 0 Å². The Morgan fingerprint density at radius 3 is 2.29 bits per heavy atom. The van der Waals surface area contributed by atoms with Crippen LogP contribution in [0.1, 0.15) is 15.2 Å². The lowest BCUT2D eigenvalue weighted by Gasteiger charge is -2.34. The van der Waals surface area contributed by atoms with Gasteiger partial charge in [-0.05, 0) is 35.4 Å². The molecule has 0 saturated carbocycles. The normalized spacial score (nSPS) is 14.7. The molecule has 0 spiro atoms. The van der Waals surface area contributed by atoms with Gasteiger partial charge in [0.05, 0.1) is 11.3 Å². The lowest BCUT2D eigenvalue weighted by Crippen LogP contribution is -2.50. The number of hydrogen-bond donors (Lipinski definition) is 0. The minimum Gasteiger partial charge on any atom is -0.339 e. The van der Waals surface area contributed by atoms with Crippen LogP contribution in [0.2, 0.25) is 0 Å². The monoisotopic (exact) mass is 360 g/mol. The highest BCUT2D eigenvalue weighted by atomic mass is 32.2. The summed E-state index contributed by atoms with van der Waals surface area (Å²) in [4.78, 5) is 30.4. The number of rotatable bonds is 4. The molecule has 2 aromatic rings. The molecule has 24 heavy (non-hydrogen) atoms. The van der Waals surface area contributed by atoms with Crippen LogP contribution in [0.15, 0.2) is 46.7 Å². The number of benzene rings is 1. The van der Waals surface area contributed by atoms with Crippen LogP contribution in [0.25, 0.3) is 0 Å². The van der Waals surface area contributed by atoms with E-state index < -0.39 is 0 Å². The van der Waals surface area contributed by atoms with Gasteiger partial charge in [0, 0.05) is 31.1 Å². The summed E-state index contributed by atoms with van der Waals surface area (Å²) in [7, 11) is 0. The fourth-order valence-electron chi connectivity index (χ4n) is 2.74. The largest absolute Gasteiger partial charge is 0.339 e. The SMILES string of the molecule is CSc1ccc(CC(=O)N2CCN(C(=O)c3cccs3)CC2)cc1. The van der Waals surface area contributed by atoms with Crippen molar-refractivity contribution in [1.29, 1.82) is 0 Å². The van der Waals surface area contributed by atoms with Crippen LogP contribution in [-0.2, 0) is 11.2 Å². The lowest BCUT2D eigenvalue weighted by atomic mass is 10.1. The van der Waals surface area contributed by atoms with E-state index in [4.69, 9.17) is 0 Å². The van der Waals surface area contributed by atoms with Crippen LogP contribution in [0.5, 0.6) is 0 Å². The third-order valence-corrected chi connectivity index (χ3v) is 5.77. The van der Waals surface area contributed by atoms with E-state index in [0.29, 0.717) is 32.6 Å². The quantitative estimate of drug-likeness (QED) is 0.787. The number of amides is 2. The first-order valence-corrected chi connectivity index (χ1v) is 10.0. The minimum atomic E-state index is 0.0738. The summed E-state index contributed by atoms with van der Waals surface area (Å²) in [6.07, 6.45) is 2.46. The first-order valence-electron chi connectivity index (χ1n) is 7.91. The zero-order chi connectivity index (χ0) is 16.9. The van der Waals surface area contributed by atoms with Crippen molar-refractivity contribution in [2.45, 2.75) is 11.3 Å². The topological polar surface area (TPSA) is 40.6 Å². The number of thiophene rings is 1. The van der Waals surface area contributed by atoms with Crippen molar-refractivity contribution in [1.82, 2.24) is 9.80 Å². The van der Waals surface area contributed by atoms with Gasteiger partial charge in [0.15, 0.2) is 0 Å². The predicted octanol–water partition coefficient (Wildman–Crippen LogP) is 3.00. The molecule has 1 fully saturated rings. The molecule has 1 aromatic carbocycles. The zero-order valence-corrected chi connectivity index (χ0v) is 15.2. The number of carbonyl (C=O) groups is 2. The Balaban J connectivity index is 1.52.